The molecule has 6 nitrogen and oxygen atoms in total. The molecule has 0 radical (unpaired) electrons. The number of ether oxygens (including phenoxy) is 1. The summed E-state index contributed by atoms with van der Waals surface area (Å²) in [6.07, 6.45) is -0.587. The molecule has 2 aliphatic heterocycles. The van der Waals surface area contributed by atoms with Gasteiger partial charge in [-0.05, 0) is 46.1 Å². The van der Waals surface area contributed by atoms with Gasteiger partial charge in [-0.15, -0.1) is 0 Å². The average molecular weight is 315 g/mol. The summed E-state index contributed by atoms with van der Waals surface area (Å²) in [5, 5.41) is 0. The van der Waals surface area contributed by atoms with Crippen LogP contribution < -0.4 is 5.73 Å². The van der Waals surface area contributed by atoms with Crippen molar-refractivity contribution in [2.75, 3.05) is 26.2 Å². The van der Waals surface area contributed by atoms with Crippen molar-refractivity contribution in [3.63, 3.8) is 0 Å². The first-order valence-electron chi connectivity index (χ1n) is 7.84. The fourth-order valence-electron chi connectivity index (χ4n) is 2.98. The van der Waals surface area contributed by atoms with Gasteiger partial charge in [-0.1, -0.05) is 0 Å². The van der Waals surface area contributed by atoms with Crippen molar-refractivity contribution in [2.45, 2.75) is 51.4 Å². The maximum absolute atomic E-state index is 13.3. The number of alkyl halides is 1. The van der Waals surface area contributed by atoms with Crippen LogP contribution in [0.25, 0.3) is 0 Å². The highest BCUT2D eigenvalue weighted by molar-refractivity contribution is 5.86. The lowest BCUT2D eigenvalue weighted by molar-refractivity contribution is -0.135. The molecule has 0 bridgehead atoms. The number of hydrogen-bond acceptors (Lipinski definition) is 4. The Morgan fingerprint density at radius 3 is 2.50 bits per heavy atom. The molecule has 3 unspecified atom stereocenters. The Balaban J connectivity index is 2.09. The van der Waals surface area contributed by atoms with E-state index in [-0.39, 0.29) is 18.4 Å². The van der Waals surface area contributed by atoms with Crippen molar-refractivity contribution < 1.29 is 18.7 Å². The lowest BCUT2D eigenvalue weighted by atomic mass is 10.1. The minimum absolute atomic E-state index is 0.0743. The van der Waals surface area contributed by atoms with Crippen LogP contribution >= 0.6 is 0 Å². The molecule has 2 saturated heterocycles. The zero-order chi connectivity index (χ0) is 16.5. The summed E-state index contributed by atoms with van der Waals surface area (Å²) in [6.45, 7) is 6.70. The van der Waals surface area contributed by atoms with Crippen LogP contribution in [0, 0.1) is 5.92 Å². The number of nitrogens with two attached hydrogens (primary N) is 1. The first-order chi connectivity index (χ1) is 10.2. The molecule has 22 heavy (non-hydrogen) atoms. The molecule has 2 rings (SSSR count). The highest BCUT2D eigenvalue weighted by atomic mass is 19.1. The van der Waals surface area contributed by atoms with Gasteiger partial charge in [0.15, 0.2) is 0 Å². The first-order valence-corrected chi connectivity index (χ1v) is 7.84. The van der Waals surface area contributed by atoms with Gasteiger partial charge in [-0.3, -0.25) is 9.69 Å². The summed E-state index contributed by atoms with van der Waals surface area (Å²) in [6, 6.07) is -0.589. The number of hydrogen-bond donors (Lipinski definition) is 1. The van der Waals surface area contributed by atoms with Crippen molar-refractivity contribution in [1.82, 2.24) is 9.80 Å². The lowest BCUT2D eigenvalue weighted by Gasteiger charge is -2.30. The van der Waals surface area contributed by atoms with E-state index in [1.165, 1.54) is 9.80 Å². The predicted octanol–water partition coefficient (Wildman–Crippen LogP) is 1.14. The van der Waals surface area contributed by atoms with Crippen molar-refractivity contribution in [1.29, 1.82) is 0 Å². The minimum atomic E-state index is -0.967. The van der Waals surface area contributed by atoms with Crippen LogP contribution in [0.1, 0.15) is 33.6 Å². The molecule has 2 heterocycles. The van der Waals surface area contributed by atoms with Gasteiger partial charge >= 0.3 is 6.09 Å². The van der Waals surface area contributed by atoms with Crippen LogP contribution in [0.4, 0.5) is 9.18 Å². The third kappa shape index (κ3) is 3.88. The molecular formula is C15H26FN3O3. The molecule has 126 valence electrons. The second-order valence-electron chi connectivity index (χ2n) is 7.16. The zero-order valence-corrected chi connectivity index (χ0v) is 13.5. The van der Waals surface area contributed by atoms with E-state index in [0.29, 0.717) is 32.5 Å². The molecule has 2 N–H and O–H groups in total. The maximum atomic E-state index is 13.3. The Morgan fingerprint density at radius 1 is 1.32 bits per heavy atom. The Hall–Kier alpha value is -1.37. The van der Waals surface area contributed by atoms with Crippen LogP contribution in [-0.2, 0) is 9.53 Å². The van der Waals surface area contributed by atoms with E-state index in [1.54, 1.807) is 20.8 Å². The van der Waals surface area contributed by atoms with E-state index in [0.717, 1.165) is 0 Å². The van der Waals surface area contributed by atoms with E-state index >= 15 is 0 Å². The van der Waals surface area contributed by atoms with Crippen molar-refractivity contribution in [2.24, 2.45) is 11.7 Å². The van der Waals surface area contributed by atoms with Gasteiger partial charge in [-0.25, -0.2) is 9.18 Å². The molecule has 2 fully saturated rings. The van der Waals surface area contributed by atoms with Crippen LogP contribution in [-0.4, -0.2) is 65.8 Å². The largest absolute Gasteiger partial charge is 0.444 e. The smallest absolute Gasteiger partial charge is 0.410 e. The topological polar surface area (TPSA) is 75.9 Å². The number of amides is 2. The normalized spacial score (nSPS) is 29.0. The van der Waals surface area contributed by atoms with Crippen molar-refractivity contribution in [3.05, 3.63) is 0 Å². The van der Waals surface area contributed by atoms with Crippen LogP contribution in [0.2, 0.25) is 0 Å². The quantitative estimate of drug-likeness (QED) is 0.829. The van der Waals surface area contributed by atoms with E-state index in [1.807, 2.05) is 0 Å². The van der Waals surface area contributed by atoms with E-state index in [4.69, 9.17) is 10.5 Å². The Morgan fingerprint density at radius 2 is 2.00 bits per heavy atom. The Kier molecular flexibility index (Phi) is 4.94. The molecule has 0 aromatic carbocycles. The number of likely N-dealkylation sites (tertiary alicyclic amines) is 2. The van der Waals surface area contributed by atoms with Crippen LogP contribution in [0.5, 0.6) is 0 Å². The van der Waals surface area contributed by atoms with Crippen molar-refractivity contribution in [3.8, 4) is 0 Å². The number of halogens is 1. The van der Waals surface area contributed by atoms with Crippen LogP contribution in [0.3, 0.4) is 0 Å². The minimum Gasteiger partial charge on any atom is -0.444 e. The SMILES string of the molecule is CC(C)(C)OC(=O)N1CC(CN)CC1C(=O)N1CCC(F)C1. The van der Waals surface area contributed by atoms with E-state index in [9.17, 15) is 14.0 Å². The fraction of sp³-hybridized carbons (Fsp3) is 0.867. The summed E-state index contributed by atoms with van der Waals surface area (Å²) >= 11 is 0. The molecule has 0 saturated carbocycles. The third-order valence-corrected chi connectivity index (χ3v) is 4.08. The molecule has 2 amide bonds. The number of carbonyl (C=O) groups is 2. The standard InChI is InChI=1S/C15H26FN3O3/c1-15(2,3)22-14(21)19-8-10(7-17)6-12(19)13(20)18-5-4-11(16)9-18/h10-12H,4-9,17H2,1-3H3. The summed E-state index contributed by atoms with van der Waals surface area (Å²) < 4.78 is 18.7. The summed E-state index contributed by atoms with van der Waals surface area (Å²) in [5.41, 5.74) is 5.08. The molecule has 3 atom stereocenters. The first kappa shape index (κ1) is 17.0. The highest BCUT2D eigenvalue weighted by Gasteiger charge is 2.43. The Bertz CT molecular complexity index is 438. The molecule has 0 aliphatic carbocycles. The monoisotopic (exact) mass is 315 g/mol. The zero-order valence-electron chi connectivity index (χ0n) is 13.5. The predicted molar refractivity (Wildman–Crippen MR) is 80.0 cm³/mol. The number of carbonyl (C=O) groups excluding carboxylic acids is 2. The van der Waals surface area contributed by atoms with Gasteiger partial charge in [0.2, 0.25) is 5.91 Å². The molecule has 0 aromatic rings. The number of nitrogens with zero attached hydrogens (tertiary/aromatic N) is 2. The molecule has 0 spiro atoms. The summed E-state index contributed by atoms with van der Waals surface area (Å²) in [7, 11) is 0. The van der Waals surface area contributed by atoms with Crippen LogP contribution in [0.15, 0.2) is 0 Å². The van der Waals surface area contributed by atoms with Gasteiger partial charge in [0.25, 0.3) is 0 Å². The van der Waals surface area contributed by atoms with Gasteiger partial charge in [0, 0.05) is 13.1 Å². The van der Waals surface area contributed by atoms with E-state index in [2.05, 4.69) is 0 Å². The summed E-state index contributed by atoms with van der Waals surface area (Å²) in [5.74, 6) is -0.118. The Labute approximate surface area is 130 Å². The molecule has 7 heteroatoms. The van der Waals surface area contributed by atoms with Gasteiger partial charge in [-0.2, -0.15) is 0 Å². The van der Waals surface area contributed by atoms with Gasteiger partial charge in [0.05, 0.1) is 6.54 Å². The van der Waals surface area contributed by atoms with E-state index < -0.39 is 23.9 Å². The molecule has 2 aliphatic rings. The lowest BCUT2D eigenvalue weighted by Crippen LogP contribution is -2.48. The van der Waals surface area contributed by atoms with Crippen molar-refractivity contribution >= 4 is 12.0 Å². The van der Waals surface area contributed by atoms with Gasteiger partial charge in [0.1, 0.15) is 17.8 Å². The fourth-order valence-corrected chi connectivity index (χ4v) is 2.98. The third-order valence-electron chi connectivity index (χ3n) is 4.08. The second kappa shape index (κ2) is 6.40. The number of rotatable bonds is 2. The highest BCUT2D eigenvalue weighted by Crippen LogP contribution is 2.27. The summed E-state index contributed by atoms with van der Waals surface area (Å²) in [4.78, 5) is 27.9. The second-order valence-corrected chi connectivity index (χ2v) is 7.16. The average Bonchev–Trinajstić information content (AvgIpc) is 3.02. The molecule has 0 aromatic heterocycles. The molecular weight excluding hydrogens is 289 g/mol. The van der Waals surface area contributed by atoms with Gasteiger partial charge < -0.3 is 15.4 Å². The maximum Gasteiger partial charge on any atom is 0.410 e.